The zero-order valence-corrected chi connectivity index (χ0v) is 9.94. The third kappa shape index (κ3) is 4.72. The Morgan fingerprint density at radius 3 is 3.07 bits per heavy atom. The summed E-state index contributed by atoms with van der Waals surface area (Å²) >= 11 is 1.67. The minimum atomic E-state index is 0.647. The van der Waals surface area contributed by atoms with Gasteiger partial charge in [-0.05, 0) is 13.3 Å². The molecular weight excluding hydrogens is 192 g/mol. The highest BCUT2D eigenvalue weighted by Gasteiger charge is 2.00. The molecule has 0 saturated heterocycles. The molecule has 80 valence electrons. The second-order valence-corrected chi connectivity index (χ2v) is 4.45. The van der Waals surface area contributed by atoms with Crippen LogP contribution in [0.15, 0.2) is 10.9 Å². The van der Waals surface area contributed by atoms with E-state index in [1.54, 1.807) is 11.3 Å². The highest BCUT2D eigenvalue weighted by Crippen LogP contribution is 2.02. The van der Waals surface area contributed by atoms with Crippen molar-refractivity contribution in [3.63, 3.8) is 0 Å². The van der Waals surface area contributed by atoms with Crippen LogP contribution < -0.4 is 5.32 Å². The lowest BCUT2D eigenvalue weighted by Crippen LogP contribution is -2.27. The number of aromatic nitrogens is 1. The van der Waals surface area contributed by atoms with Gasteiger partial charge in [0.1, 0.15) is 0 Å². The average molecular weight is 212 g/mol. The SMILES string of the molecule is CCCCC(C)NCCc1cscn1. The van der Waals surface area contributed by atoms with Gasteiger partial charge in [0.15, 0.2) is 0 Å². The number of thiazole rings is 1. The normalized spacial score (nSPS) is 13.0. The van der Waals surface area contributed by atoms with E-state index < -0.39 is 0 Å². The molecule has 0 aliphatic heterocycles. The van der Waals surface area contributed by atoms with Crippen LogP contribution in [0.5, 0.6) is 0 Å². The Morgan fingerprint density at radius 1 is 1.57 bits per heavy atom. The first kappa shape index (κ1) is 11.7. The van der Waals surface area contributed by atoms with Crippen LogP contribution in [0.25, 0.3) is 0 Å². The van der Waals surface area contributed by atoms with E-state index in [2.05, 4.69) is 29.5 Å². The van der Waals surface area contributed by atoms with E-state index in [1.165, 1.54) is 25.0 Å². The van der Waals surface area contributed by atoms with Crippen molar-refractivity contribution >= 4 is 11.3 Å². The summed E-state index contributed by atoms with van der Waals surface area (Å²) in [5.74, 6) is 0. The molecule has 0 fully saturated rings. The molecule has 1 heterocycles. The van der Waals surface area contributed by atoms with Crippen molar-refractivity contribution in [3.05, 3.63) is 16.6 Å². The molecule has 0 aliphatic rings. The summed E-state index contributed by atoms with van der Waals surface area (Å²) in [5, 5.41) is 5.64. The van der Waals surface area contributed by atoms with Crippen LogP contribution in [0.1, 0.15) is 38.8 Å². The maximum atomic E-state index is 4.25. The smallest absolute Gasteiger partial charge is 0.0794 e. The Hall–Kier alpha value is -0.410. The molecule has 1 unspecified atom stereocenters. The van der Waals surface area contributed by atoms with Crippen LogP contribution in [0.4, 0.5) is 0 Å². The molecule has 1 atom stereocenters. The first-order chi connectivity index (χ1) is 6.83. The molecule has 0 bridgehead atoms. The topological polar surface area (TPSA) is 24.9 Å². The van der Waals surface area contributed by atoms with Gasteiger partial charge in [-0.25, -0.2) is 4.98 Å². The lowest BCUT2D eigenvalue weighted by atomic mass is 10.1. The summed E-state index contributed by atoms with van der Waals surface area (Å²) in [6, 6.07) is 0.647. The summed E-state index contributed by atoms with van der Waals surface area (Å²) in [7, 11) is 0. The monoisotopic (exact) mass is 212 g/mol. The lowest BCUT2D eigenvalue weighted by molar-refractivity contribution is 0.497. The van der Waals surface area contributed by atoms with Crippen LogP contribution in [-0.2, 0) is 6.42 Å². The number of nitrogens with zero attached hydrogens (tertiary/aromatic N) is 1. The third-order valence-electron chi connectivity index (χ3n) is 2.35. The van der Waals surface area contributed by atoms with E-state index >= 15 is 0 Å². The molecule has 0 amide bonds. The van der Waals surface area contributed by atoms with Crippen molar-refractivity contribution in [2.45, 2.75) is 45.6 Å². The molecule has 1 aromatic heterocycles. The minimum absolute atomic E-state index is 0.647. The Morgan fingerprint density at radius 2 is 2.43 bits per heavy atom. The molecule has 14 heavy (non-hydrogen) atoms. The van der Waals surface area contributed by atoms with Gasteiger partial charge in [0.2, 0.25) is 0 Å². The van der Waals surface area contributed by atoms with Crippen molar-refractivity contribution in [1.29, 1.82) is 0 Å². The van der Waals surface area contributed by atoms with Crippen molar-refractivity contribution in [1.82, 2.24) is 10.3 Å². The van der Waals surface area contributed by atoms with Gasteiger partial charge in [-0.3, -0.25) is 0 Å². The third-order valence-corrected chi connectivity index (χ3v) is 2.98. The van der Waals surface area contributed by atoms with E-state index in [4.69, 9.17) is 0 Å². The zero-order chi connectivity index (χ0) is 10.2. The Kier molecular flexibility index (Phi) is 5.80. The fraction of sp³-hybridized carbons (Fsp3) is 0.727. The van der Waals surface area contributed by atoms with Gasteiger partial charge in [-0.2, -0.15) is 0 Å². The number of hydrogen-bond acceptors (Lipinski definition) is 3. The highest BCUT2D eigenvalue weighted by atomic mass is 32.1. The van der Waals surface area contributed by atoms with Gasteiger partial charge in [0.25, 0.3) is 0 Å². The van der Waals surface area contributed by atoms with E-state index in [-0.39, 0.29) is 0 Å². The van der Waals surface area contributed by atoms with E-state index in [1.807, 2.05) is 5.51 Å². The van der Waals surface area contributed by atoms with Crippen LogP contribution in [0.2, 0.25) is 0 Å². The molecule has 0 saturated carbocycles. The van der Waals surface area contributed by atoms with Crippen LogP contribution in [-0.4, -0.2) is 17.6 Å². The number of rotatable bonds is 7. The molecule has 1 aromatic rings. The summed E-state index contributed by atoms with van der Waals surface area (Å²) in [4.78, 5) is 4.25. The van der Waals surface area contributed by atoms with Crippen molar-refractivity contribution in [2.75, 3.05) is 6.54 Å². The minimum Gasteiger partial charge on any atom is -0.314 e. The summed E-state index contributed by atoms with van der Waals surface area (Å²) in [6.07, 6.45) is 4.95. The molecule has 1 N–H and O–H groups in total. The van der Waals surface area contributed by atoms with Crippen molar-refractivity contribution in [2.24, 2.45) is 0 Å². The molecule has 2 nitrogen and oxygen atoms in total. The van der Waals surface area contributed by atoms with Crippen molar-refractivity contribution in [3.8, 4) is 0 Å². The second kappa shape index (κ2) is 6.96. The van der Waals surface area contributed by atoms with E-state index in [0.29, 0.717) is 6.04 Å². The summed E-state index contributed by atoms with van der Waals surface area (Å²) in [5.41, 5.74) is 3.11. The molecule has 0 aromatic carbocycles. The molecule has 0 spiro atoms. The summed E-state index contributed by atoms with van der Waals surface area (Å²) in [6.45, 7) is 5.55. The second-order valence-electron chi connectivity index (χ2n) is 3.73. The molecular formula is C11H20N2S. The van der Waals surface area contributed by atoms with Crippen molar-refractivity contribution < 1.29 is 0 Å². The van der Waals surface area contributed by atoms with Crippen LogP contribution in [0, 0.1) is 0 Å². The number of nitrogens with one attached hydrogen (secondary N) is 1. The van der Waals surface area contributed by atoms with Crippen LogP contribution >= 0.6 is 11.3 Å². The number of unbranched alkanes of at least 4 members (excludes halogenated alkanes) is 1. The largest absolute Gasteiger partial charge is 0.314 e. The predicted octanol–water partition coefficient (Wildman–Crippen LogP) is 2.85. The molecule has 3 heteroatoms. The fourth-order valence-corrected chi connectivity index (χ4v) is 2.01. The molecule has 0 aliphatic carbocycles. The Labute approximate surface area is 90.8 Å². The number of hydrogen-bond donors (Lipinski definition) is 1. The average Bonchev–Trinajstić information content (AvgIpc) is 2.67. The van der Waals surface area contributed by atoms with Gasteiger partial charge in [-0.15, -0.1) is 11.3 Å². The quantitative estimate of drug-likeness (QED) is 0.752. The van der Waals surface area contributed by atoms with E-state index in [0.717, 1.165) is 13.0 Å². The maximum Gasteiger partial charge on any atom is 0.0794 e. The molecule has 0 radical (unpaired) electrons. The first-order valence-corrected chi connectivity index (χ1v) is 6.37. The predicted molar refractivity (Wildman–Crippen MR) is 62.8 cm³/mol. The zero-order valence-electron chi connectivity index (χ0n) is 9.12. The molecule has 1 rings (SSSR count). The Balaban J connectivity index is 2.03. The standard InChI is InChI=1S/C11H20N2S/c1-3-4-5-10(2)12-7-6-11-8-14-9-13-11/h8-10,12H,3-7H2,1-2H3. The lowest BCUT2D eigenvalue weighted by Gasteiger charge is -2.12. The van der Waals surface area contributed by atoms with Gasteiger partial charge in [-0.1, -0.05) is 19.8 Å². The maximum absolute atomic E-state index is 4.25. The summed E-state index contributed by atoms with van der Waals surface area (Å²) < 4.78 is 0. The Bertz CT molecular complexity index is 221. The van der Waals surface area contributed by atoms with Gasteiger partial charge in [0, 0.05) is 24.4 Å². The highest BCUT2D eigenvalue weighted by molar-refractivity contribution is 7.07. The van der Waals surface area contributed by atoms with Gasteiger partial charge in [0.05, 0.1) is 11.2 Å². The first-order valence-electron chi connectivity index (χ1n) is 5.43. The van der Waals surface area contributed by atoms with E-state index in [9.17, 15) is 0 Å². The van der Waals surface area contributed by atoms with Gasteiger partial charge < -0.3 is 5.32 Å². The van der Waals surface area contributed by atoms with Crippen LogP contribution in [0.3, 0.4) is 0 Å². The fourth-order valence-electron chi connectivity index (χ4n) is 1.42. The van der Waals surface area contributed by atoms with Gasteiger partial charge >= 0.3 is 0 Å².